The lowest BCUT2D eigenvalue weighted by molar-refractivity contribution is -0.155. The third-order valence-corrected chi connectivity index (χ3v) is 6.99. The molecule has 226 valence electrons. The largest absolute Gasteiger partial charge is 0.488 e. The number of nitrogens with two attached hydrogens (primary N) is 1. The van der Waals surface area contributed by atoms with Crippen molar-refractivity contribution in [2.75, 3.05) is 13.1 Å². The SMILES string of the molecule is CC(C)(C)OC(=O)CC[C@@H](C(N)=O)N1Cc2cc(O[C@H]3CN(C(=O)OC(C)(C)C)C[C@@H]3c3ccncc3)ccc2C1=O. The smallest absolute Gasteiger partial charge is 0.410 e. The summed E-state index contributed by atoms with van der Waals surface area (Å²) < 4.78 is 17.4. The van der Waals surface area contributed by atoms with Gasteiger partial charge in [-0.3, -0.25) is 19.4 Å². The molecule has 1 fully saturated rings. The van der Waals surface area contributed by atoms with E-state index < -0.39 is 35.2 Å². The van der Waals surface area contributed by atoms with Gasteiger partial charge in [0.05, 0.1) is 6.54 Å². The van der Waals surface area contributed by atoms with Gasteiger partial charge in [-0.2, -0.15) is 0 Å². The van der Waals surface area contributed by atoms with Crippen LogP contribution in [0.2, 0.25) is 0 Å². The van der Waals surface area contributed by atoms with Crippen LogP contribution < -0.4 is 10.5 Å². The third-order valence-electron chi connectivity index (χ3n) is 6.99. The Bertz CT molecular complexity index is 1330. The Morgan fingerprint density at radius 1 is 1.00 bits per heavy atom. The van der Waals surface area contributed by atoms with Gasteiger partial charge < -0.3 is 29.7 Å². The molecular formula is C31H40N4O7. The van der Waals surface area contributed by atoms with Gasteiger partial charge in [0.2, 0.25) is 5.91 Å². The van der Waals surface area contributed by atoms with Gasteiger partial charge in [-0.05, 0) is 89.4 Å². The molecule has 42 heavy (non-hydrogen) atoms. The third kappa shape index (κ3) is 7.57. The van der Waals surface area contributed by atoms with E-state index in [2.05, 4.69) is 4.98 Å². The van der Waals surface area contributed by atoms with Crippen LogP contribution in [0.5, 0.6) is 5.75 Å². The number of hydrogen-bond acceptors (Lipinski definition) is 8. The molecule has 3 amide bonds. The summed E-state index contributed by atoms with van der Waals surface area (Å²) in [6, 6.07) is 8.00. The summed E-state index contributed by atoms with van der Waals surface area (Å²) in [5, 5.41) is 0. The minimum Gasteiger partial charge on any atom is -0.488 e. The number of amides is 3. The average molecular weight is 581 g/mol. The Morgan fingerprint density at radius 3 is 2.29 bits per heavy atom. The van der Waals surface area contributed by atoms with Crippen molar-refractivity contribution < 1.29 is 33.4 Å². The lowest BCUT2D eigenvalue weighted by atomic mass is 9.97. The number of rotatable bonds is 8. The molecule has 0 spiro atoms. The number of pyridine rings is 1. The van der Waals surface area contributed by atoms with E-state index in [0.717, 1.165) is 5.56 Å². The first-order valence-electron chi connectivity index (χ1n) is 14.1. The van der Waals surface area contributed by atoms with E-state index >= 15 is 0 Å². The van der Waals surface area contributed by atoms with Gasteiger partial charge in [-0.15, -0.1) is 0 Å². The van der Waals surface area contributed by atoms with Crippen LogP contribution >= 0.6 is 0 Å². The van der Waals surface area contributed by atoms with Gasteiger partial charge in [-0.1, -0.05) is 0 Å². The number of aromatic nitrogens is 1. The molecule has 0 saturated carbocycles. The maximum absolute atomic E-state index is 13.2. The van der Waals surface area contributed by atoms with Crippen LogP contribution in [0.15, 0.2) is 42.7 Å². The van der Waals surface area contributed by atoms with E-state index in [4.69, 9.17) is 19.9 Å². The number of benzene rings is 1. The quantitative estimate of drug-likeness (QED) is 0.465. The van der Waals surface area contributed by atoms with Crippen molar-refractivity contribution >= 4 is 23.9 Å². The van der Waals surface area contributed by atoms with Crippen LogP contribution in [-0.4, -0.2) is 75.1 Å². The van der Waals surface area contributed by atoms with Crippen molar-refractivity contribution in [3.63, 3.8) is 0 Å². The van der Waals surface area contributed by atoms with E-state index in [1.807, 2.05) is 32.9 Å². The van der Waals surface area contributed by atoms with E-state index in [1.54, 1.807) is 56.3 Å². The number of esters is 1. The van der Waals surface area contributed by atoms with Gasteiger partial charge in [0.15, 0.2) is 0 Å². The number of primary amides is 1. The molecule has 3 heterocycles. The summed E-state index contributed by atoms with van der Waals surface area (Å²) in [4.78, 5) is 57.8. The summed E-state index contributed by atoms with van der Waals surface area (Å²) in [6.07, 6.45) is 2.63. The first-order valence-corrected chi connectivity index (χ1v) is 14.1. The molecule has 2 aliphatic rings. The topological polar surface area (TPSA) is 141 Å². The second kappa shape index (κ2) is 12.0. The van der Waals surface area contributed by atoms with Gasteiger partial charge in [0, 0.05) is 43.4 Å². The zero-order chi connectivity index (χ0) is 30.8. The normalized spacial score (nSPS) is 19.3. The van der Waals surface area contributed by atoms with Gasteiger partial charge in [-0.25, -0.2) is 4.79 Å². The second-order valence-corrected chi connectivity index (χ2v) is 12.7. The second-order valence-electron chi connectivity index (χ2n) is 12.7. The fraction of sp³-hybridized carbons (Fsp3) is 0.516. The number of likely N-dealkylation sites (tertiary alicyclic amines) is 1. The van der Waals surface area contributed by atoms with Crippen LogP contribution in [-0.2, 0) is 25.6 Å². The van der Waals surface area contributed by atoms with Crippen LogP contribution in [0.3, 0.4) is 0 Å². The Balaban J connectivity index is 1.49. The lowest BCUT2D eigenvalue weighted by Gasteiger charge is -2.25. The first kappa shape index (κ1) is 30.8. The molecular weight excluding hydrogens is 540 g/mol. The summed E-state index contributed by atoms with van der Waals surface area (Å²) in [7, 11) is 0. The van der Waals surface area contributed by atoms with E-state index in [-0.39, 0.29) is 37.3 Å². The number of carbonyl (C=O) groups is 4. The maximum atomic E-state index is 13.2. The van der Waals surface area contributed by atoms with Crippen LogP contribution in [0.1, 0.15) is 81.8 Å². The van der Waals surface area contributed by atoms with E-state index in [0.29, 0.717) is 30.0 Å². The highest BCUT2D eigenvalue weighted by Crippen LogP contribution is 2.34. The number of ether oxygens (including phenoxy) is 3. The Hall–Kier alpha value is -4.15. The Labute approximate surface area is 246 Å². The number of hydrogen-bond donors (Lipinski definition) is 1. The predicted molar refractivity (Wildman–Crippen MR) is 154 cm³/mol. The molecule has 0 unspecified atom stereocenters. The summed E-state index contributed by atoms with van der Waals surface area (Å²) in [5.41, 5.74) is 6.48. The molecule has 0 radical (unpaired) electrons. The fourth-order valence-corrected chi connectivity index (χ4v) is 5.22. The maximum Gasteiger partial charge on any atom is 0.410 e. The zero-order valence-electron chi connectivity index (χ0n) is 25.1. The Kier molecular flexibility index (Phi) is 8.79. The number of carbonyl (C=O) groups excluding carboxylic acids is 4. The molecule has 3 atom stereocenters. The molecule has 1 aromatic carbocycles. The molecule has 2 N–H and O–H groups in total. The Morgan fingerprint density at radius 2 is 1.67 bits per heavy atom. The molecule has 11 nitrogen and oxygen atoms in total. The van der Waals surface area contributed by atoms with Crippen LogP contribution in [0, 0.1) is 0 Å². The minimum atomic E-state index is -0.963. The average Bonchev–Trinajstić information content (AvgIpc) is 3.44. The molecule has 11 heteroatoms. The predicted octanol–water partition coefficient (Wildman–Crippen LogP) is 3.80. The highest BCUT2D eigenvalue weighted by atomic mass is 16.6. The summed E-state index contributed by atoms with van der Waals surface area (Å²) in [6.45, 7) is 11.6. The zero-order valence-corrected chi connectivity index (χ0v) is 25.1. The standard InChI is InChI=1S/C31H40N4O7/c1-30(2,3)41-26(36)10-9-24(27(32)37)35-16-20-15-21(7-8-22(20)28(35)38)40-25-18-34(29(39)42-31(4,5)6)17-23(25)19-11-13-33-14-12-19/h7-8,11-15,23-25H,9-10,16-18H2,1-6H3,(H2,32,37)/t23-,24+,25+/m1/s1. The van der Waals surface area contributed by atoms with E-state index in [1.165, 1.54) is 4.90 Å². The minimum absolute atomic E-state index is 0.0500. The highest BCUT2D eigenvalue weighted by molar-refractivity contribution is 6.01. The monoisotopic (exact) mass is 580 g/mol. The molecule has 1 saturated heterocycles. The van der Waals surface area contributed by atoms with Crippen LogP contribution in [0.25, 0.3) is 0 Å². The van der Waals surface area contributed by atoms with E-state index in [9.17, 15) is 19.2 Å². The van der Waals surface area contributed by atoms with Gasteiger partial charge >= 0.3 is 12.1 Å². The summed E-state index contributed by atoms with van der Waals surface area (Å²) in [5.74, 6) is -1.09. The number of fused-ring (bicyclic) bond motifs is 1. The van der Waals surface area contributed by atoms with Crippen molar-refractivity contribution in [1.29, 1.82) is 0 Å². The van der Waals surface area contributed by atoms with Crippen molar-refractivity contribution in [2.24, 2.45) is 5.73 Å². The van der Waals surface area contributed by atoms with Crippen molar-refractivity contribution in [2.45, 2.75) is 90.2 Å². The van der Waals surface area contributed by atoms with Crippen molar-refractivity contribution in [1.82, 2.24) is 14.8 Å². The molecule has 0 aliphatic carbocycles. The van der Waals surface area contributed by atoms with Gasteiger partial charge in [0.25, 0.3) is 5.91 Å². The first-order chi connectivity index (χ1) is 19.6. The van der Waals surface area contributed by atoms with Crippen molar-refractivity contribution in [3.05, 3.63) is 59.4 Å². The number of nitrogens with zero attached hydrogens (tertiary/aromatic N) is 3. The highest BCUT2D eigenvalue weighted by Gasteiger charge is 2.40. The van der Waals surface area contributed by atoms with Gasteiger partial charge in [0.1, 0.15) is 29.1 Å². The lowest BCUT2D eigenvalue weighted by Crippen LogP contribution is -2.45. The molecule has 0 bridgehead atoms. The summed E-state index contributed by atoms with van der Waals surface area (Å²) >= 11 is 0. The van der Waals surface area contributed by atoms with Crippen molar-refractivity contribution in [3.8, 4) is 5.75 Å². The molecule has 1 aromatic heterocycles. The van der Waals surface area contributed by atoms with Crippen LogP contribution in [0.4, 0.5) is 4.79 Å². The molecule has 2 aromatic rings. The molecule has 2 aliphatic heterocycles. The molecule has 4 rings (SSSR count). The fourth-order valence-electron chi connectivity index (χ4n) is 5.22.